The number of nitrogens with zero attached hydrogens (tertiary/aromatic N) is 3. The number of esters is 1. The first-order valence-electron chi connectivity index (χ1n) is 8.45. The van der Waals surface area contributed by atoms with Crippen LogP contribution in [0.2, 0.25) is 0 Å². The van der Waals surface area contributed by atoms with E-state index in [4.69, 9.17) is 4.74 Å². The highest BCUT2D eigenvalue weighted by Gasteiger charge is 2.11. The normalized spacial score (nSPS) is 10.5. The number of carbonyl (C=O) groups excluding carboxylic acids is 1. The average molecular weight is 348 g/mol. The summed E-state index contributed by atoms with van der Waals surface area (Å²) in [5.74, 6) is 0.169. The first-order chi connectivity index (χ1) is 12.8. The SMILES string of the molecule is CCOC(=O)c1cnc(-c2ccccc2CNCc2cccnc2)nc1. The number of nitrogens with one attached hydrogen (secondary N) is 1. The molecular formula is C20H20N4O2. The second-order valence-electron chi connectivity index (χ2n) is 5.64. The summed E-state index contributed by atoms with van der Waals surface area (Å²) < 4.78 is 4.96. The Kier molecular flexibility index (Phi) is 6.01. The largest absolute Gasteiger partial charge is 0.462 e. The minimum absolute atomic E-state index is 0.325. The molecule has 26 heavy (non-hydrogen) atoms. The van der Waals surface area contributed by atoms with Crippen molar-refractivity contribution in [1.29, 1.82) is 0 Å². The molecule has 0 amide bonds. The number of pyridine rings is 1. The molecule has 1 aromatic carbocycles. The summed E-state index contributed by atoms with van der Waals surface area (Å²) in [6.45, 7) is 3.49. The van der Waals surface area contributed by atoms with Crippen LogP contribution < -0.4 is 5.32 Å². The fourth-order valence-electron chi connectivity index (χ4n) is 2.52. The van der Waals surface area contributed by atoms with Crippen LogP contribution in [0.1, 0.15) is 28.4 Å². The highest BCUT2D eigenvalue weighted by atomic mass is 16.5. The van der Waals surface area contributed by atoms with Crippen LogP contribution >= 0.6 is 0 Å². The summed E-state index contributed by atoms with van der Waals surface area (Å²) in [6, 6.07) is 11.9. The van der Waals surface area contributed by atoms with Crippen LogP contribution in [-0.2, 0) is 17.8 Å². The third-order valence-electron chi connectivity index (χ3n) is 3.79. The number of hydrogen-bond acceptors (Lipinski definition) is 6. The summed E-state index contributed by atoms with van der Waals surface area (Å²) in [7, 11) is 0. The lowest BCUT2D eigenvalue weighted by Gasteiger charge is -2.10. The van der Waals surface area contributed by atoms with Crippen LogP contribution in [0.4, 0.5) is 0 Å². The zero-order valence-electron chi connectivity index (χ0n) is 14.6. The van der Waals surface area contributed by atoms with Gasteiger partial charge in [-0.1, -0.05) is 30.3 Å². The van der Waals surface area contributed by atoms with Gasteiger partial charge in [0.1, 0.15) is 0 Å². The second kappa shape index (κ2) is 8.82. The van der Waals surface area contributed by atoms with E-state index in [9.17, 15) is 4.79 Å². The maximum atomic E-state index is 11.7. The van der Waals surface area contributed by atoms with Gasteiger partial charge in [0.15, 0.2) is 5.82 Å². The molecule has 3 rings (SSSR count). The van der Waals surface area contributed by atoms with Crippen molar-refractivity contribution in [2.45, 2.75) is 20.0 Å². The van der Waals surface area contributed by atoms with Crippen molar-refractivity contribution in [2.75, 3.05) is 6.61 Å². The predicted octanol–water partition coefficient (Wildman–Crippen LogP) is 3.01. The molecule has 6 heteroatoms. The van der Waals surface area contributed by atoms with Gasteiger partial charge in [0.05, 0.1) is 12.2 Å². The molecule has 0 atom stereocenters. The number of aromatic nitrogens is 3. The van der Waals surface area contributed by atoms with Crippen molar-refractivity contribution in [2.24, 2.45) is 0 Å². The first-order valence-corrected chi connectivity index (χ1v) is 8.45. The van der Waals surface area contributed by atoms with E-state index in [1.807, 2.05) is 42.6 Å². The summed E-state index contributed by atoms with van der Waals surface area (Å²) in [5.41, 5.74) is 3.49. The Morgan fingerprint density at radius 1 is 1.04 bits per heavy atom. The van der Waals surface area contributed by atoms with Gasteiger partial charge in [0.2, 0.25) is 0 Å². The van der Waals surface area contributed by atoms with Crippen LogP contribution in [0.5, 0.6) is 0 Å². The Morgan fingerprint density at radius 2 is 1.85 bits per heavy atom. The molecule has 2 aromatic heterocycles. The molecule has 0 fully saturated rings. The van der Waals surface area contributed by atoms with Gasteiger partial charge in [-0.05, 0) is 24.1 Å². The Balaban J connectivity index is 1.71. The van der Waals surface area contributed by atoms with Crippen LogP contribution in [0.3, 0.4) is 0 Å². The highest BCUT2D eigenvalue weighted by molar-refractivity contribution is 5.88. The van der Waals surface area contributed by atoms with Crippen LogP contribution in [0.15, 0.2) is 61.2 Å². The third-order valence-corrected chi connectivity index (χ3v) is 3.79. The van der Waals surface area contributed by atoms with E-state index in [1.165, 1.54) is 12.4 Å². The molecule has 0 aliphatic rings. The van der Waals surface area contributed by atoms with E-state index in [2.05, 4.69) is 20.3 Å². The van der Waals surface area contributed by atoms with Gasteiger partial charge in [0.25, 0.3) is 0 Å². The third kappa shape index (κ3) is 4.49. The predicted molar refractivity (Wildman–Crippen MR) is 98.2 cm³/mol. The van der Waals surface area contributed by atoms with Crippen LogP contribution in [-0.4, -0.2) is 27.5 Å². The lowest BCUT2D eigenvalue weighted by molar-refractivity contribution is 0.0525. The molecule has 132 valence electrons. The standard InChI is InChI=1S/C20H20N4O2/c1-2-26-20(25)17-13-23-19(24-14-17)18-8-4-3-7-16(18)12-22-11-15-6-5-9-21-10-15/h3-10,13-14,22H,2,11-12H2,1H3. The molecule has 0 radical (unpaired) electrons. The molecule has 0 aliphatic heterocycles. The first kappa shape index (κ1) is 17.7. The average Bonchev–Trinajstić information content (AvgIpc) is 2.69. The zero-order chi connectivity index (χ0) is 18.2. The fraction of sp³-hybridized carbons (Fsp3) is 0.200. The second-order valence-corrected chi connectivity index (χ2v) is 5.64. The molecule has 6 nitrogen and oxygen atoms in total. The lowest BCUT2D eigenvalue weighted by atomic mass is 10.1. The minimum atomic E-state index is -0.412. The lowest BCUT2D eigenvalue weighted by Crippen LogP contribution is -2.13. The molecule has 0 saturated heterocycles. The van der Waals surface area contributed by atoms with Gasteiger partial charge in [0, 0.05) is 43.4 Å². The topological polar surface area (TPSA) is 77.0 Å². The van der Waals surface area contributed by atoms with Gasteiger partial charge in [-0.15, -0.1) is 0 Å². The Labute approximate surface area is 152 Å². The van der Waals surface area contributed by atoms with Crippen molar-refractivity contribution in [3.05, 3.63) is 77.9 Å². The molecule has 2 heterocycles. The van der Waals surface area contributed by atoms with Gasteiger partial charge < -0.3 is 10.1 Å². The van der Waals surface area contributed by atoms with E-state index in [0.717, 1.165) is 23.2 Å². The molecule has 0 aliphatic carbocycles. The van der Waals surface area contributed by atoms with Crippen LogP contribution in [0.25, 0.3) is 11.4 Å². The number of hydrogen-bond donors (Lipinski definition) is 1. The summed E-state index contributed by atoms with van der Waals surface area (Å²) in [4.78, 5) is 24.5. The van der Waals surface area contributed by atoms with Crippen molar-refractivity contribution >= 4 is 5.97 Å². The molecule has 0 unspecified atom stereocenters. The number of rotatable bonds is 7. The Hall–Kier alpha value is -3.12. The van der Waals surface area contributed by atoms with Gasteiger partial charge >= 0.3 is 5.97 Å². The molecule has 1 N–H and O–H groups in total. The van der Waals surface area contributed by atoms with Crippen molar-refractivity contribution in [3.8, 4) is 11.4 Å². The molecule has 3 aromatic rings. The fourth-order valence-corrected chi connectivity index (χ4v) is 2.52. The molecular weight excluding hydrogens is 328 g/mol. The summed E-state index contributed by atoms with van der Waals surface area (Å²) in [5, 5.41) is 3.40. The van der Waals surface area contributed by atoms with E-state index in [1.54, 1.807) is 13.1 Å². The maximum Gasteiger partial charge on any atom is 0.341 e. The smallest absolute Gasteiger partial charge is 0.341 e. The molecule has 0 bridgehead atoms. The summed E-state index contributed by atoms with van der Waals surface area (Å²) >= 11 is 0. The quantitative estimate of drug-likeness (QED) is 0.662. The summed E-state index contributed by atoms with van der Waals surface area (Å²) in [6.07, 6.45) is 6.60. The monoisotopic (exact) mass is 348 g/mol. The highest BCUT2D eigenvalue weighted by Crippen LogP contribution is 2.20. The number of ether oxygens (including phenoxy) is 1. The van der Waals surface area contributed by atoms with Crippen molar-refractivity contribution in [3.63, 3.8) is 0 Å². The molecule has 0 saturated carbocycles. The van der Waals surface area contributed by atoms with E-state index in [-0.39, 0.29) is 0 Å². The van der Waals surface area contributed by atoms with Crippen molar-refractivity contribution in [1.82, 2.24) is 20.3 Å². The van der Waals surface area contributed by atoms with Gasteiger partial charge in [-0.3, -0.25) is 4.98 Å². The molecule has 0 spiro atoms. The maximum absolute atomic E-state index is 11.7. The Morgan fingerprint density at radius 3 is 2.58 bits per heavy atom. The Bertz CT molecular complexity index is 851. The van der Waals surface area contributed by atoms with Crippen LogP contribution in [0, 0.1) is 0 Å². The zero-order valence-corrected chi connectivity index (χ0v) is 14.6. The number of benzene rings is 1. The van der Waals surface area contributed by atoms with Gasteiger partial charge in [-0.2, -0.15) is 0 Å². The van der Waals surface area contributed by atoms with E-state index in [0.29, 0.717) is 24.5 Å². The van der Waals surface area contributed by atoms with E-state index >= 15 is 0 Å². The van der Waals surface area contributed by atoms with E-state index < -0.39 is 5.97 Å². The minimum Gasteiger partial charge on any atom is -0.462 e. The number of carbonyl (C=O) groups is 1. The van der Waals surface area contributed by atoms with Crippen molar-refractivity contribution < 1.29 is 9.53 Å². The van der Waals surface area contributed by atoms with Gasteiger partial charge in [-0.25, -0.2) is 14.8 Å².